The van der Waals surface area contributed by atoms with Crippen molar-refractivity contribution in [2.45, 2.75) is 0 Å². The second-order valence-electron chi connectivity index (χ2n) is 8.03. The average Bonchev–Trinajstić information content (AvgIpc) is 3.32. The van der Waals surface area contributed by atoms with Crippen LogP contribution in [0.2, 0.25) is 0 Å². The first-order valence-corrected chi connectivity index (χ1v) is 10.9. The Balaban J connectivity index is 1.28. The van der Waals surface area contributed by atoms with Crippen LogP contribution in [0.1, 0.15) is 10.5 Å². The van der Waals surface area contributed by atoms with Crippen LogP contribution in [0.4, 0.5) is 5.82 Å². The Bertz CT molecular complexity index is 1460. The van der Waals surface area contributed by atoms with E-state index in [1.165, 1.54) is 0 Å². The molecule has 0 radical (unpaired) electrons. The molecule has 162 valence electrons. The van der Waals surface area contributed by atoms with E-state index >= 15 is 0 Å². The van der Waals surface area contributed by atoms with E-state index in [1.54, 1.807) is 12.4 Å². The molecule has 5 aromatic rings. The Morgan fingerprint density at radius 3 is 2.45 bits per heavy atom. The van der Waals surface area contributed by atoms with Crippen LogP contribution in [-0.2, 0) is 0 Å². The lowest BCUT2D eigenvalue weighted by atomic mass is 10.1. The van der Waals surface area contributed by atoms with Gasteiger partial charge in [0.1, 0.15) is 5.82 Å². The van der Waals surface area contributed by atoms with E-state index < -0.39 is 0 Å². The lowest BCUT2D eigenvalue weighted by molar-refractivity contribution is 0.0742. The van der Waals surface area contributed by atoms with E-state index in [0.29, 0.717) is 37.7 Å². The number of H-pyrrole nitrogens is 1. The van der Waals surface area contributed by atoms with E-state index in [4.69, 9.17) is 9.97 Å². The molecule has 1 aliphatic rings. The summed E-state index contributed by atoms with van der Waals surface area (Å²) in [6, 6.07) is 19.6. The summed E-state index contributed by atoms with van der Waals surface area (Å²) in [7, 11) is 0. The van der Waals surface area contributed by atoms with Gasteiger partial charge in [0.25, 0.3) is 5.91 Å². The third-order valence-electron chi connectivity index (χ3n) is 6.04. The SMILES string of the molecule is O=C(c1n[nH]c2ccccc12)N1CCN(c2nc(-c3cccnc3)nc3ccccc23)CC1. The van der Waals surface area contributed by atoms with Crippen molar-refractivity contribution in [2.24, 2.45) is 0 Å². The summed E-state index contributed by atoms with van der Waals surface area (Å²) in [4.78, 5) is 31.1. The van der Waals surface area contributed by atoms with Crippen molar-refractivity contribution in [3.63, 3.8) is 0 Å². The van der Waals surface area contributed by atoms with Gasteiger partial charge in [-0.1, -0.05) is 30.3 Å². The van der Waals surface area contributed by atoms with E-state index in [0.717, 1.165) is 33.2 Å². The number of fused-ring (bicyclic) bond motifs is 2. The second-order valence-corrected chi connectivity index (χ2v) is 8.03. The van der Waals surface area contributed by atoms with Crippen LogP contribution < -0.4 is 4.90 Å². The lowest BCUT2D eigenvalue weighted by Crippen LogP contribution is -2.49. The molecule has 8 heteroatoms. The van der Waals surface area contributed by atoms with Gasteiger partial charge in [-0.25, -0.2) is 9.97 Å². The van der Waals surface area contributed by atoms with E-state index in [9.17, 15) is 4.79 Å². The normalized spacial score (nSPS) is 14.2. The van der Waals surface area contributed by atoms with Crippen LogP contribution >= 0.6 is 0 Å². The number of benzene rings is 2. The minimum absolute atomic E-state index is 0.0457. The van der Waals surface area contributed by atoms with Crippen molar-refractivity contribution in [2.75, 3.05) is 31.1 Å². The topological polar surface area (TPSA) is 90.9 Å². The summed E-state index contributed by atoms with van der Waals surface area (Å²) in [5.74, 6) is 1.49. The number of pyridine rings is 1. The highest BCUT2D eigenvalue weighted by molar-refractivity contribution is 6.04. The molecule has 0 aliphatic carbocycles. The highest BCUT2D eigenvalue weighted by atomic mass is 16.2. The van der Waals surface area contributed by atoms with E-state index in [-0.39, 0.29) is 5.91 Å². The summed E-state index contributed by atoms with van der Waals surface area (Å²) in [6.45, 7) is 2.56. The fourth-order valence-electron chi connectivity index (χ4n) is 4.32. The Labute approximate surface area is 189 Å². The fourth-order valence-corrected chi connectivity index (χ4v) is 4.32. The van der Waals surface area contributed by atoms with Crippen molar-refractivity contribution in [3.05, 3.63) is 78.8 Å². The molecule has 3 aromatic heterocycles. The third kappa shape index (κ3) is 3.45. The van der Waals surface area contributed by atoms with Crippen LogP contribution in [0.3, 0.4) is 0 Å². The monoisotopic (exact) mass is 435 g/mol. The number of amides is 1. The molecular weight excluding hydrogens is 414 g/mol. The maximum absolute atomic E-state index is 13.2. The number of aromatic amines is 1. The summed E-state index contributed by atoms with van der Waals surface area (Å²) >= 11 is 0. The van der Waals surface area contributed by atoms with Crippen molar-refractivity contribution >= 4 is 33.5 Å². The minimum Gasteiger partial charge on any atom is -0.352 e. The van der Waals surface area contributed by atoms with E-state index in [1.807, 2.05) is 65.6 Å². The molecule has 1 aliphatic heterocycles. The molecule has 1 N–H and O–H groups in total. The van der Waals surface area contributed by atoms with Gasteiger partial charge in [-0.05, 0) is 30.3 Å². The molecule has 33 heavy (non-hydrogen) atoms. The maximum atomic E-state index is 13.2. The van der Waals surface area contributed by atoms with Gasteiger partial charge in [0.2, 0.25) is 0 Å². The highest BCUT2D eigenvalue weighted by Crippen LogP contribution is 2.28. The standard InChI is InChI=1S/C25H21N7O/c33-25(22-18-7-1-4-10-21(18)29-30-22)32-14-12-31(13-15-32)24-19-8-2-3-9-20(19)27-23(28-24)17-6-5-11-26-16-17/h1-11,16H,12-15H2,(H,29,30). The Kier molecular flexibility index (Phi) is 4.68. The first-order valence-electron chi connectivity index (χ1n) is 10.9. The van der Waals surface area contributed by atoms with E-state index in [2.05, 4.69) is 20.1 Å². The van der Waals surface area contributed by atoms with Crippen LogP contribution in [0.25, 0.3) is 33.2 Å². The molecule has 0 saturated carbocycles. The van der Waals surface area contributed by atoms with Gasteiger partial charge in [0.05, 0.1) is 11.0 Å². The molecule has 1 fully saturated rings. The average molecular weight is 435 g/mol. The van der Waals surface area contributed by atoms with Gasteiger partial charge in [0.15, 0.2) is 11.5 Å². The van der Waals surface area contributed by atoms with Gasteiger partial charge in [-0.2, -0.15) is 5.10 Å². The quantitative estimate of drug-likeness (QED) is 0.466. The minimum atomic E-state index is -0.0457. The Hall–Kier alpha value is -4.33. The number of carbonyl (C=O) groups is 1. The zero-order valence-electron chi connectivity index (χ0n) is 17.8. The lowest BCUT2D eigenvalue weighted by Gasteiger charge is -2.35. The van der Waals surface area contributed by atoms with Gasteiger partial charge in [0, 0.05) is 54.9 Å². The van der Waals surface area contributed by atoms with Crippen molar-refractivity contribution < 1.29 is 4.79 Å². The largest absolute Gasteiger partial charge is 0.352 e. The number of rotatable bonds is 3. The van der Waals surface area contributed by atoms with Gasteiger partial charge in [-0.15, -0.1) is 0 Å². The van der Waals surface area contributed by atoms with Crippen LogP contribution in [-0.4, -0.2) is 62.1 Å². The predicted octanol–water partition coefficient (Wildman–Crippen LogP) is 3.53. The van der Waals surface area contributed by atoms with Crippen molar-refractivity contribution in [1.82, 2.24) is 30.0 Å². The molecule has 8 nitrogen and oxygen atoms in total. The highest BCUT2D eigenvalue weighted by Gasteiger charge is 2.27. The van der Waals surface area contributed by atoms with Gasteiger partial charge >= 0.3 is 0 Å². The molecule has 4 heterocycles. The van der Waals surface area contributed by atoms with Gasteiger partial charge < -0.3 is 9.80 Å². The predicted molar refractivity (Wildman–Crippen MR) is 127 cm³/mol. The maximum Gasteiger partial charge on any atom is 0.275 e. The van der Waals surface area contributed by atoms with Crippen LogP contribution in [0.15, 0.2) is 73.1 Å². The van der Waals surface area contributed by atoms with Crippen LogP contribution in [0.5, 0.6) is 0 Å². The Morgan fingerprint density at radius 2 is 1.64 bits per heavy atom. The van der Waals surface area contributed by atoms with Gasteiger partial charge in [-0.3, -0.25) is 14.9 Å². The number of aromatic nitrogens is 5. The van der Waals surface area contributed by atoms with Crippen molar-refractivity contribution in [3.8, 4) is 11.4 Å². The number of hydrogen-bond acceptors (Lipinski definition) is 6. The molecule has 1 amide bonds. The Morgan fingerprint density at radius 1 is 0.848 bits per heavy atom. The number of nitrogens with zero attached hydrogens (tertiary/aromatic N) is 6. The summed E-state index contributed by atoms with van der Waals surface area (Å²) in [5.41, 5.74) is 3.12. The number of hydrogen-bond donors (Lipinski definition) is 1. The molecule has 0 unspecified atom stereocenters. The smallest absolute Gasteiger partial charge is 0.275 e. The molecule has 0 spiro atoms. The zero-order valence-corrected chi connectivity index (χ0v) is 17.8. The number of para-hydroxylation sites is 2. The summed E-state index contributed by atoms with van der Waals surface area (Å²) in [6.07, 6.45) is 3.52. The molecular formula is C25H21N7O. The van der Waals surface area contributed by atoms with Crippen molar-refractivity contribution in [1.29, 1.82) is 0 Å². The molecule has 1 saturated heterocycles. The third-order valence-corrected chi connectivity index (χ3v) is 6.04. The molecule has 0 bridgehead atoms. The number of nitrogens with one attached hydrogen (secondary N) is 1. The van der Waals surface area contributed by atoms with Crippen LogP contribution in [0, 0.1) is 0 Å². The number of anilines is 1. The zero-order chi connectivity index (χ0) is 22.2. The molecule has 2 aromatic carbocycles. The molecule has 6 rings (SSSR count). The fraction of sp³-hybridized carbons (Fsp3) is 0.160. The number of carbonyl (C=O) groups excluding carboxylic acids is 1. The first-order chi connectivity index (χ1) is 16.3. The first kappa shape index (κ1) is 19.4. The second kappa shape index (κ2) is 7.98. The summed E-state index contributed by atoms with van der Waals surface area (Å²) in [5, 5.41) is 9.09. The number of piperazine rings is 1. The molecule has 0 atom stereocenters. The summed E-state index contributed by atoms with van der Waals surface area (Å²) < 4.78 is 0.